The molecule has 10 heavy (non-hydrogen) atoms. The first-order chi connectivity index (χ1) is 4.56. The van der Waals surface area contributed by atoms with E-state index in [4.69, 9.17) is 0 Å². The Hall–Kier alpha value is 0.140. The van der Waals surface area contributed by atoms with Crippen molar-refractivity contribution in [2.45, 2.75) is 32.9 Å². The Morgan fingerprint density at radius 3 is 1.70 bits per heavy atom. The summed E-state index contributed by atoms with van der Waals surface area (Å²) >= 11 is 3.63. The summed E-state index contributed by atoms with van der Waals surface area (Å²) in [6.45, 7) is 4.00. The van der Waals surface area contributed by atoms with Gasteiger partial charge < -0.3 is 0 Å². The Labute approximate surface area is 65.2 Å². The second kappa shape index (κ2) is 7.25. The lowest BCUT2D eigenvalue weighted by atomic mass is 10.3. The number of halogens is 3. The first-order valence-corrected chi connectivity index (χ1v) is 3.87. The molecule has 0 aliphatic carbocycles. The zero-order valence-corrected chi connectivity index (χ0v) is 7.10. The molecular weight excluding hydrogens is 161 g/mol. The highest BCUT2D eigenvalue weighted by Gasteiger charge is 2.25. The van der Waals surface area contributed by atoms with E-state index in [9.17, 15) is 13.2 Å². The van der Waals surface area contributed by atoms with Gasteiger partial charge in [-0.25, -0.2) is 0 Å². The zero-order valence-electron chi connectivity index (χ0n) is 6.20. The molecule has 64 valence electrons. The van der Waals surface area contributed by atoms with Gasteiger partial charge >= 0.3 is 6.18 Å². The summed E-state index contributed by atoms with van der Waals surface area (Å²) in [6.07, 6.45) is -4.59. The molecule has 0 unspecified atom stereocenters. The molecule has 0 aliphatic rings. The van der Waals surface area contributed by atoms with Gasteiger partial charge in [-0.2, -0.15) is 25.8 Å². The highest BCUT2D eigenvalue weighted by Crippen LogP contribution is 2.20. The van der Waals surface area contributed by atoms with Gasteiger partial charge in [0.1, 0.15) is 0 Å². The fourth-order valence-corrected chi connectivity index (χ4v) is 0.438. The largest absolute Gasteiger partial charge is 0.389 e. The molecule has 0 atom stereocenters. The summed E-state index contributed by atoms with van der Waals surface area (Å²) in [7, 11) is 0. The normalized spacial score (nSPS) is 10.2. The molecule has 0 bridgehead atoms. The highest BCUT2D eigenvalue weighted by molar-refractivity contribution is 7.80. The van der Waals surface area contributed by atoms with Gasteiger partial charge in [-0.15, -0.1) is 0 Å². The van der Waals surface area contributed by atoms with E-state index in [0.717, 1.165) is 0 Å². The van der Waals surface area contributed by atoms with E-state index in [-0.39, 0.29) is 6.42 Å². The van der Waals surface area contributed by atoms with Crippen LogP contribution in [0.3, 0.4) is 0 Å². The second-order valence-electron chi connectivity index (χ2n) is 1.44. The van der Waals surface area contributed by atoms with E-state index in [2.05, 4.69) is 12.6 Å². The molecule has 0 saturated heterocycles. The molecule has 0 radical (unpaired) electrons. The van der Waals surface area contributed by atoms with Gasteiger partial charge in [-0.05, 0) is 12.2 Å². The summed E-state index contributed by atoms with van der Waals surface area (Å²) in [5.41, 5.74) is 0. The molecule has 0 saturated carbocycles. The average Bonchev–Trinajstić information content (AvgIpc) is 1.87. The van der Waals surface area contributed by atoms with Crippen molar-refractivity contribution in [2.75, 3.05) is 5.75 Å². The third-order valence-electron chi connectivity index (χ3n) is 0.618. The minimum Gasteiger partial charge on any atom is -0.179 e. The average molecular weight is 174 g/mol. The molecule has 0 heterocycles. The van der Waals surface area contributed by atoms with Crippen LogP contribution in [0.5, 0.6) is 0 Å². The van der Waals surface area contributed by atoms with Crippen LogP contribution in [-0.4, -0.2) is 11.9 Å². The molecule has 0 nitrogen and oxygen atoms in total. The topological polar surface area (TPSA) is 0 Å². The SMILES string of the molecule is CC.FC(F)(F)CCCS. The third kappa shape index (κ3) is 15.7. The fraction of sp³-hybridized carbons (Fsp3) is 1.00. The number of alkyl halides is 3. The summed E-state index contributed by atoms with van der Waals surface area (Å²) in [5, 5.41) is 0. The van der Waals surface area contributed by atoms with Crippen LogP contribution >= 0.6 is 12.6 Å². The van der Waals surface area contributed by atoms with Crippen LogP contribution in [0.1, 0.15) is 26.7 Å². The van der Waals surface area contributed by atoms with E-state index in [1.165, 1.54) is 0 Å². The Morgan fingerprint density at radius 2 is 1.60 bits per heavy atom. The maximum absolute atomic E-state index is 11.2. The lowest BCUT2D eigenvalue weighted by molar-refractivity contribution is -0.134. The maximum Gasteiger partial charge on any atom is 0.389 e. The standard InChI is InChI=1S/C4H7F3S.C2H6/c5-4(6,7)2-1-3-8;1-2/h8H,1-3H2;1-2H3. The van der Waals surface area contributed by atoms with E-state index < -0.39 is 12.6 Å². The van der Waals surface area contributed by atoms with Crippen LogP contribution in [0.2, 0.25) is 0 Å². The predicted molar refractivity (Wildman–Crippen MR) is 40.5 cm³/mol. The van der Waals surface area contributed by atoms with Crippen molar-refractivity contribution in [3.05, 3.63) is 0 Å². The van der Waals surface area contributed by atoms with Crippen LogP contribution in [0.4, 0.5) is 13.2 Å². The number of hydrogen-bond donors (Lipinski definition) is 1. The van der Waals surface area contributed by atoms with Crippen molar-refractivity contribution >= 4 is 12.6 Å². The molecule has 0 N–H and O–H groups in total. The molecular formula is C6H13F3S. The van der Waals surface area contributed by atoms with Crippen molar-refractivity contribution in [1.82, 2.24) is 0 Å². The Kier molecular flexibility index (Phi) is 9.27. The van der Waals surface area contributed by atoms with Gasteiger partial charge in [-0.3, -0.25) is 0 Å². The molecule has 0 aromatic carbocycles. The van der Waals surface area contributed by atoms with Gasteiger partial charge in [-0.1, -0.05) is 13.8 Å². The number of rotatable bonds is 2. The van der Waals surface area contributed by atoms with Crippen LogP contribution in [0.25, 0.3) is 0 Å². The molecule has 0 aromatic heterocycles. The lowest BCUT2D eigenvalue weighted by Gasteiger charge is -2.01. The minimum absolute atomic E-state index is 0.118. The van der Waals surface area contributed by atoms with E-state index >= 15 is 0 Å². The molecule has 0 aromatic rings. The van der Waals surface area contributed by atoms with Gasteiger partial charge in [0.2, 0.25) is 0 Å². The van der Waals surface area contributed by atoms with Crippen LogP contribution in [0, 0.1) is 0 Å². The van der Waals surface area contributed by atoms with Gasteiger partial charge in [0.05, 0.1) is 0 Å². The molecule has 0 fully saturated rings. The predicted octanol–water partition coefficient (Wildman–Crippen LogP) is 3.28. The smallest absolute Gasteiger partial charge is 0.179 e. The number of hydrogen-bond acceptors (Lipinski definition) is 1. The first-order valence-electron chi connectivity index (χ1n) is 3.24. The van der Waals surface area contributed by atoms with Crippen molar-refractivity contribution in [1.29, 1.82) is 0 Å². The lowest BCUT2D eigenvalue weighted by Crippen LogP contribution is -2.06. The maximum atomic E-state index is 11.2. The molecule has 0 aliphatic heterocycles. The Bertz CT molecular complexity index is 60.5. The number of thiol groups is 1. The van der Waals surface area contributed by atoms with Crippen molar-refractivity contribution in [2.24, 2.45) is 0 Å². The molecule has 0 amide bonds. The minimum atomic E-state index is -4.00. The first kappa shape index (κ1) is 12.8. The Balaban J connectivity index is 0. The van der Waals surface area contributed by atoms with Gasteiger partial charge in [0.15, 0.2) is 0 Å². The van der Waals surface area contributed by atoms with Gasteiger partial charge in [0.25, 0.3) is 0 Å². The highest BCUT2D eigenvalue weighted by atomic mass is 32.1. The monoisotopic (exact) mass is 174 g/mol. The summed E-state index contributed by atoms with van der Waals surface area (Å²) < 4.78 is 33.6. The summed E-state index contributed by atoms with van der Waals surface area (Å²) in [5.74, 6) is 0.305. The van der Waals surface area contributed by atoms with E-state index in [1.807, 2.05) is 13.8 Å². The van der Waals surface area contributed by atoms with Crippen molar-refractivity contribution < 1.29 is 13.2 Å². The zero-order chi connectivity index (χ0) is 8.62. The summed E-state index contributed by atoms with van der Waals surface area (Å²) in [6, 6.07) is 0. The molecule has 0 rings (SSSR count). The third-order valence-corrected chi connectivity index (χ3v) is 0.935. The second-order valence-corrected chi connectivity index (χ2v) is 1.89. The Morgan fingerprint density at radius 1 is 1.20 bits per heavy atom. The summed E-state index contributed by atoms with van der Waals surface area (Å²) in [4.78, 5) is 0. The molecule has 4 heteroatoms. The van der Waals surface area contributed by atoms with Crippen LogP contribution in [-0.2, 0) is 0 Å². The van der Waals surface area contributed by atoms with Crippen molar-refractivity contribution in [3.63, 3.8) is 0 Å². The van der Waals surface area contributed by atoms with E-state index in [0.29, 0.717) is 5.75 Å². The molecule has 0 spiro atoms. The quantitative estimate of drug-likeness (QED) is 0.610. The van der Waals surface area contributed by atoms with Gasteiger partial charge in [0, 0.05) is 6.42 Å². The van der Waals surface area contributed by atoms with Crippen LogP contribution in [0.15, 0.2) is 0 Å². The fourth-order valence-electron chi connectivity index (χ4n) is 0.280. The van der Waals surface area contributed by atoms with E-state index in [1.54, 1.807) is 0 Å². The van der Waals surface area contributed by atoms with Crippen molar-refractivity contribution in [3.8, 4) is 0 Å². The van der Waals surface area contributed by atoms with Crippen LogP contribution < -0.4 is 0 Å².